The first-order chi connectivity index (χ1) is 6.43. The van der Waals surface area contributed by atoms with Crippen LogP contribution in [0.4, 0.5) is 0 Å². The van der Waals surface area contributed by atoms with Gasteiger partial charge in [-0.2, -0.15) is 6.08 Å². The molecule has 0 aliphatic heterocycles. The van der Waals surface area contributed by atoms with E-state index >= 15 is 0 Å². The Morgan fingerprint density at radius 1 is 1.14 bits per heavy atom. The molecular weight excluding hydrogens is 163 g/mol. The molecule has 0 saturated heterocycles. The molecule has 0 aromatic rings. The summed E-state index contributed by atoms with van der Waals surface area (Å²) < 4.78 is 0. The van der Waals surface area contributed by atoms with Crippen LogP contribution in [0.25, 0.3) is 0 Å². The van der Waals surface area contributed by atoms with Crippen LogP contribution >= 0.6 is 0 Å². The molecule has 0 amide bonds. The predicted molar refractivity (Wildman–Crippen MR) is 58.5 cm³/mol. The van der Waals surface area contributed by atoms with Crippen LogP contribution < -0.4 is 18.9 Å². The average Bonchev–Trinajstić information content (AvgIpc) is 2.63. The molecule has 1 aliphatic carbocycles. The third kappa shape index (κ3) is 6.52. The van der Waals surface area contributed by atoms with Crippen molar-refractivity contribution in [2.24, 2.45) is 0 Å². The summed E-state index contributed by atoms with van der Waals surface area (Å²) in [7, 11) is 0. The second-order valence-electron chi connectivity index (χ2n) is 3.83. The van der Waals surface area contributed by atoms with Crippen LogP contribution in [0.5, 0.6) is 0 Å². The van der Waals surface area contributed by atoms with Crippen LogP contribution in [-0.2, 0) is 0 Å². The monoisotopic (exact) mass is 184 g/mol. The number of unbranched alkanes of at least 4 members (excludes halogenated alkanes) is 5. The maximum Gasteiger partial charge on any atom is 1.00 e. The number of rotatable bonds is 7. The zero-order chi connectivity index (χ0) is 9.36. The predicted octanol–water partition coefficient (Wildman–Crippen LogP) is 1.43. The molecule has 0 nitrogen and oxygen atoms in total. The van der Waals surface area contributed by atoms with E-state index in [4.69, 9.17) is 0 Å². The van der Waals surface area contributed by atoms with Gasteiger partial charge in [0, 0.05) is 0 Å². The van der Waals surface area contributed by atoms with Gasteiger partial charge < -0.3 is 0 Å². The van der Waals surface area contributed by atoms with Gasteiger partial charge in [-0.25, -0.2) is 11.6 Å². The Morgan fingerprint density at radius 2 is 1.86 bits per heavy atom. The van der Waals surface area contributed by atoms with Gasteiger partial charge in [-0.1, -0.05) is 51.9 Å². The number of hydrogen-bond acceptors (Lipinski definition) is 0. The van der Waals surface area contributed by atoms with Crippen molar-refractivity contribution in [3.63, 3.8) is 0 Å². The molecule has 0 atom stereocenters. The first-order valence-corrected chi connectivity index (χ1v) is 5.69. The van der Waals surface area contributed by atoms with Crippen molar-refractivity contribution in [1.29, 1.82) is 0 Å². The molecular formula is C13H21Li. The zero-order valence-electron chi connectivity index (χ0n) is 9.81. The van der Waals surface area contributed by atoms with Crippen molar-refractivity contribution in [2.75, 3.05) is 0 Å². The van der Waals surface area contributed by atoms with Gasteiger partial charge >= 0.3 is 18.9 Å². The molecule has 1 rings (SSSR count). The maximum atomic E-state index is 3.36. The smallest absolute Gasteiger partial charge is 0.269 e. The van der Waals surface area contributed by atoms with Crippen LogP contribution in [0.3, 0.4) is 0 Å². The quantitative estimate of drug-likeness (QED) is 0.319. The van der Waals surface area contributed by atoms with Crippen molar-refractivity contribution in [3.05, 3.63) is 23.8 Å². The largest absolute Gasteiger partial charge is 1.00 e. The molecule has 0 bridgehead atoms. The van der Waals surface area contributed by atoms with E-state index in [9.17, 15) is 0 Å². The molecule has 1 aliphatic rings. The fraction of sp³-hybridized carbons (Fsp3) is 0.692. The van der Waals surface area contributed by atoms with Crippen molar-refractivity contribution >= 4 is 0 Å². The molecule has 0 fully saturated rings. The van der Waals surface area contributed by atoms with Crippen LogP contribution in [0.15, 0.2) is 17.7 Å². The Hall–Kier alpha value is 0.0774. The van der Waals surface area contributed by atoms with Gasteiger partial charge in [0.25, 0.3) is 0 Å². The third-order valence-corrected chi connectivity index (χ3v) is 2.57. The molecule has 74 valence electrons. The summed E-state index contributed by atoms with van der Waals surface area (Å²) in [5.74, 6) is 0. The topological polar surface area (TPSA) is 0 Å². The standard InChI is InChI=1S/C13H21.Li/c1-2-3-4-5-6-7-10-13-11-8-9-12-13;/h8,11H,2-7,9-10H2,1H3;/q-1;+1. The Bertz CT molecular complexity index is 180. The Balaban J connectivity index is 0.00000169. The third-order valence-electron chi connectivity index (χ3n) is 2.57. The first kappa shape index (κ1) is 14.1. The van der Waals surface area contributed by atoms with E-state index in [1.807, 2.05) is 0 Å². The Labute approximate surface area is 101 Å². The Kier molecular flexibility index (Phi) is 9.68. The minimum absolute atomic E-state index is 0. The molecule has 0 saturated carbocycles. The van der Waals surface area contributed by atoms with Gasteiger partial charge in [-0.05, 0) is 0 Å². The second kappa shape index (κ2) is 9.63. The van der Waals surface area contributed by atoms with Crippen molar-refractivity contribution in [1.82, 2.24) is 0 Å². The minimum Gasteiger partial charge on any atom is -0.269 e. The van der Waals surface area contributed by atoms with E-state index in [0.717, 1.165) is 6.42 Å². The van der Waals surface area contributed by atoms with E-state index in [1.54, 1.807) is 0 Å². The van der Waals surface area contributed by atoms with Gasteiger partial charge in [0.15, 0.2) is 0 Å². The molecule has 1 heteroatoms. The number of hydrogen-bond donors (Lipinski definition) is 0. The van der Waals surface area contributed by atoms with Gasteiger partial charge in [0.1, 0.15) is 0 Å². The van der Waals surface area contributed by atoms with Crippen LogP contribution in [0, 0.1) is 6.08 Å². The summed E-state index contributed by atoms with van der Waals surface area (Å²) in [6.07, 6.45) is 18.5. The van der Waals surface area contributed by atoms with Crippen LogP contribution in [0.2, 0.25) is 0 Å². The molecule has 0 N–H and O–H groups in total. The molecule has 14 heavy (non-hydrogen) atoms. The second-order valence-corrected chi connectivity index (χ2v) is 3.83. The van der Waals surface area contributed by atoms with E-state index in [-0.39, 0.29) is 18.9 Å². The van der Waals surface area contributed by atoms with Crippen LogP contribution in [-0.4, -0.2) is 0 Å². The van der Waals surface area contributed by atoms with Gasteiger partial charge in [0.2, 0.25) is 0 Å². The van der Waals surface area contributed by atoms with Gasteiger partial charge in [-0.3, -0.25) is 6.08 Å². The normalized spacial score (nSPS) is 13.9. The zero-order valence-corrected chi connectivity index (χ0v) is 9.81. The molecule has 0 heterocycles. The summed E-state index contributed by atoms with van der Waals surface area (Å²) >= 11 is 0. The van der Waals surface area contributed by atoms with E-state index < -0.39 is 0 Å². The Morgan fingerprint density at radius 3 is 2.50 bits per heavy atom. The van der Waals surface area contributed by atoms with E-state index in [0.29, 0.717) is 0 Å². The molecule has 0 radical (unpaired) electrons. The van der Waals surface area contributed by atoms with Crippen molar-refractivity contribution < 1.29 is 18.9 Å². The van der Waals surface area contributed by atoms with E-state index in [2.05, 4.69) is 25.2 Å². The first-order valence-electron chi connectivity index (χ1n) is 5.69. The molecule has 0 unspecified atom stereocenters. The van der Waals surface area contributed by atoms with Crippen molar-refractivity contribution in [3.8, 4) is 0 Å². The number of allylic oxidation sites excluding steroid dienone is 4. The molecule has 0 aromatic carbocycles. The molecule has 0 aromatic heterocycles. The summed E-state index contributed by atoms with van der Waals surface area (Å²) in [6, 6.07) is 0. The summed E-state index contributed by atoms with van der Waals surface area (Å²) in [4.78, 5) is 0. The fourth-order valence-electron chi connectivity index (χ4n) is 1.72. The molecule has 0 spiro atoms. The van der Waals surface area contributed by atoms with Gasteiger partial charge in [-0.15, -0.1) is 6.42 Å². The maximum absolute atomic E-state index is 3.36. The summed E-state index contributed by atoms with van der Waals surface area (Å²) in [6.45, 7) is 2.27. The average molecular weight is 184 g/mol. The summed E-state index contributed by atoms with van der Waals surface area (Å²) in [5, 5.41) is 0. The van der Waals surface area contributed by atoms with Crippen molar-refractivity contribution in [2.45, 2.75) is 58.3 Å². The summed E-state index contributed by atoms with van der Waals surface area (Å²) in [5.41, 5.74) is 1.44. The van der Waals surface area contributed by atoms with E-state index in [1.165, 1.54) is 50.5 Å². The minimum atomic E-state index is 0. The van der Waals surface area contributed by atoms with Gasteiger partial charge in [0.05, 0.1) is 0 Å². The fourth-order valence-corrected chi connectivity index (χ4v) is 1.72. The van der Waals surface area contributed by atoms with Crippen LogP contribution in [0.1, 0.15) is 58.3 Å². The SMILES string of the molecule is CCCCCCCCC1=[C-]CC=C1.[Li+].